The zero-order chi connectivity index (χ0) is 24.2. The van der Waals surface area contributed by atoms with Crippen LogP contribution in [0, 0.1) is 0 Å². The van der Waals surface area contributed by atoms with E-state index in [1.807, 2.05) is 90.5 Å². The molecule has 5 rings (SSSR count). The number of carbonyl (C=O) groups excluding carboxylic acids is 1. The molecule has 0 radical (unpaired) electrons. The number of pyridine rings is 1. The van der Waals surface area contributed by atoms with E-state index in [2.05, 4.69) is 15.5 Å². The van der Waals surface area contributed by atoms with Gasteiger partial charge in [0.25, 0.3) is 0 Å². The number of hydrogen-bond acceptors (Lipinski definition) is 6. The van der Waals surface area contributed by atoms with Crippen LogP contribution in [0.15, 0.2) is 90.1 Å². The number of para-hydroxylation sites is 1. The van der Waals surface area contributed by atoms with Crippen molar-refractivity contribution in [2.45, 2.75) is 5.16 Å². The molecule has 174 valence electrons. The Bertz CT molecular complexity index is 1500. The number of amides is 1. The summed E-state index contributed by atoms with van der Waals surface area (Å²) >= 11 is 1.34. The zero-order valence-corrected chi connectivity index (χ0v) is 20.1. The Morgan fingerprint density at radius 3 is 2.60 bits per heavy atom. The lowest BCUT2D eigenvalue weighted by Crippen LogP contribution is -2.14. The van der Waals surface area contributed by atoms with Gasteiger partial charge in [-0.15, -0.1) is 10.2 Å². The molecule has 0 aliphatic rings. The molecular weight excluding hydrogens is 458 g/mol. The number of fused-ring (bicyclic) bond motifs is 1. The molecule has 0 spiro atoms. The van der Waals surface area contributed by atoms with Gasteiger partial charge in [0.15, 0.2) is 11.0 Å². The van der Waals surface area contributed by atoms with Crippen LogP contribution < -0.4 is 10.1 Å². The molecular formula is C27H23N5O2S. The first kappa shape index (κ1) is 22.6. The summed E-state index contributed by atoms with van der Waals surface area (Å²) in [7, 11) is 3.51. The molecule has 1 amide bonds. The van der Waals surface area contributed by atoms with Gasteiger partial charge in [-0.25, -0.2) is 4.98 Å². The second kappa shape index (κ2) is 9.99. The lowest BCUT2D eigenvalue weighted by molar-refractivity contribution is -0.113. The van der Waals surface area contributed by atoms with Crippen molar-refractivity contribution >= 4 is 34.3 Å². The standard InChI is InChI=1S/C27H23N5O2S/c1-32-26(30-31-27(32)35-17-25(33)28-19-11-8-12-20(15-19)34-2)22-16-24(18-9-4-3-5-10-18)29-23-14-7-6-13-21(22)23/h3-16H,17H2,1-2H3,(H,28,33). The van der Waals surface area contributed by atoms with Crippen LogP contribution in [-0.4, -0.2) is 38.5 Å². The molecule has 1 N–H and O–H groups in total. The highest BCUT2D eigenvalue weighted by Gasteiger charge is 2.17. The van der Waals surface area contributed by atoms with E-state index in [0.717, 1.165) is 33.5 Å². The summed E-state index contributed by atoms with van der Waals surface area (Å²) in [6, 6.07) is 27.4. The minimum absolute atomic E-state index is 0.131. The molecule has 35 heavy (non-hydrogen) atoms. The van der Waals surface area contributed by atoms with Crippen molar-refractivity contribution in [3.8, 4) is 28.4 Å². The van der Waals surface area contributed by atoms with Crippen LogP contribution in [0.1, 0.15) is 0 Å². The largest absolute Gasteiger partial charge is 0.497 e. The Kier molecular flexibility index (Phi) is 6.45. The van der Waals surface area contributed by atoms with Crippen LogP contribution in [0.3, 0.4) is 0 Å². The van der Waals surface area contributed by atoms with Gasteiger partial charge >= 0.3 is 0 Å². The number of nitrogens with one attached hydrogen (secondary N) is 1. The zero-order valence-electron chi connectivity index (χ0n) is 19.3. The second-order valence-electron chi connectivity index (χ2n) is 7.87. The molecule has 3 aromatic carbocycles. The van der Waals surface area contributed by atoms with Crippen molar-refractivity contribution in [3.63, 3.8) is 0 Å². The van der Waals surface area contributed by atoms with Gasteiger partial charge in [0.05, 0.1) is 24.1 Å². The number of methoxy groups -OCH3 is 1. The summed E-state index contributed by atoms with van der Waals surface area (Å²) < 4.78 is 7.13. The van der Waals surface area contributed by atoms with Gasteiger partial charge in [-0.1, -0.05) is 66.4 Å². The third-order valence-electron chi connectivity index (χ3n) is 5.55. The maximum Gasteiger partial charge on any atom is 0.234 e. The average Bonchev–Trinajstić information content (AvgIpc) is 3.27. The van der Waals surface area contributed by atoms with E-state index in [9.17, 15) is 4.79 Å². The number of anilines is 1. The molecule has 7 nitrogen and oxygen atoms in total. The number of aromatic nitrogens is 4. The van der Waals surface area contributed by atoms with Crippen LogP contribution in [0.25, 0.3) is 33.5 Å². The average molecular weight is 482 g/mol. The fraction of sp³-hybridized carbons (Fsp3) is 0.111. The lowest BCUT2D eigenvalue weighted by atomic mass is 10.0. The van der Waals surface area contributed by atoms with E-state index in [0.29, 0.717) is 16.6 Å². The normalized spacial score (nSPS) is 10.9. The van der Waals surface area contributed by atoms with E-state index in [4.69, 9.17) is 9.72 Å². The van der Waals surface area contributed by atoms with Gasteiger partial charge in [0, 0.05) is 35.3 Å². The highest BCUT2D eigenvalue weighted by molar-refractivity contribution is 7.99. The molecule has 0 unspecified atom stereocenters. The van der Waals surface area contributed by atoms with Gasteiger partial charge < -0.3 is 14.6 Å². The quantitative estimate of drug-likeness (QED) is 0.312. The summed E-state index contributed by atoms with van der Waals surface area (Å²) in [4.78, 5) is 17.4. The molecule has 2 aromatic heterocycles. The molecule has 0 saturated heterocycles. The van der Waals surface area contributed by atoms with Crippen LogP contribution in [0.2, 0.25) is 0 Å². The maximum atomic E-state index is 12.5. The van der Waals surface area contributed by atoms with E-state index in [-0.39, 0.29) is 11.7 Å². The summed E-state index contributed by atoms with van der Waals surface area (Å²) in [5.41, 5.74) is 4.42. The van der Waals surface area contributed by atoms with E-state index in [1.165, 1.54) is 11.8 Å². The number of benzene rings is 3. The number of nitrogens with zero attached hydrogens (tertiary/aromatic N) is 4. The Morgan fingerprint density at radius 2 is 1.77 bits per heavy atom. The van der Waals surface area contributed by atoms with Gasteiger partial charge in [-0.2, -0.15) is 0 Å². The highest BCUT2D eigenvalue weighted by Crippen LogP contribution is 2.32. The molecule has 0 aliphatic heterocycles. The maximum absolute atomic E-state index is 12.5. The molecule has 0 aliphatic carbocycles. The first-order valence-electron chi connectivity index (χ1n) is 11.0. The predicted molar refractivity (Wildman–Crippen MR) is 140 cm³/mol. The van der Waals surface area contributed by atoms with Crippen LogP contribution in [0.5, 0.6) is 5.75 Å². The molecule has 0 fully saturated rings. The minimum atomic E-state index is -0.131. The van der Waals surface area contributed by atoms with Gasteiger partial charge in [0.2, 0.25) is 5.91 Å². The van der Waals surface area contributed by atoms with Gasteiger partial charge in [-0.05, 0) is 24.3 Å². The van der Waals surface area contributed by atoms with Crippen LogP contribution >= 0.6 is 11.8 Å². The van der Waals surface area contributed by atoms with Crippen molar-refractivity contribution in [1.29, 1.82) is 0 Å². The summed E-state index contributed by atoms with van der Waals surface area (Å²) in [6.45, 7) is 0. The Hall–Kier alpha value is -4.17. The van der Waals surface area contributed by atoms with Crippen molar-refractivity contribution < 1.29 is 9.53 Å². The van der Waals surface area contributed by atoms with Gasteiger partial charge in [0.1, 0.15) is 5.75 Å². The van der Waals surface area contributed by atoms with E-state index < -0.39 is 0 Å². The SMILES string of the molecule is COc1cccc(NC(=O)CSc2nnc(-c3cc(-c4ccccc4)nc4ccccc34)n2C)c1. The number of carbonyl (C=O) groups is 1. The molecule has 2 heterocycles. The Morgan fingerprint density at radius 1 is 0.971 bits per heavy atom. The third-order valence-corrected chi connectivity index (χ3v) is 6.57. The van der Waals surface area contributed by atoms with E-state index >= 15 is 0 Å². The minimum Gasteiger partial charge on any atom is -0.497 e. The van der Waals surface area contributed by atoms with Crippen molar-refractivity contribution in [2.24, 2.45) is 7.05 Å². The fourth-order valence-electron chi connectivity index (χ4n) is 3.82. The summed E-state index contributed by atoms with van der Waals surface area (Å²) in [6.07, 6.45) is 0. The highest BCUT2D eigenvalue weighted by atomic mass is 32.2. The molecule has 0 bridgehead atoms. The Labute approximate surface area is 207 Å². The second-order valence-corrected chi connectivity index (χ2v) is 8.81. The first-order chi connectivity index (χ1) is 17.1. The number of thioether (sulfide) groups is 1. The predicted octanol–water partition coefficient (Wildman–Crippen LogP) is 5.44. The topological polar surface area (TPSA) is 81.9 Å². The monoisotopic (exact) mass is 481 g/mol. The number of hydrogen-bond donors (Lipinski definition) is 1. The first-order valence-corrected chi connectivity index (χ1v) is 12.0. The van der Waals surface area contributed by atoms with E-state index in [1.54, 1.807) is 13.2 Å². The van der Waals surface area contributed by atoms with Crippen molar-refractivity contribution in [2.75, 3.05) is 18.2 Å². The lowest BCUT2D eigenvalue weighted by Gasteiger charge is -2.10. The summed E-state index contributed by atoms with van der Waals surface area (Å²) in [5, 5.41) is 13.4. The number of ether oxygens (including phenoxy) is 1. The molecule has 5 aromatic rings. The van der Waals surface area contributed by atoms with Gasteiger partial charge in [-0.3, -0.25) is 4.79 Å². The van der Waals surface area contributed by atoms with Crippen LogP contribution in [0.4, 0.5) is 5.69 Å². The number of rotatable bonds is 7. The van der Waals surface area contributed by atoms with Crippen LogP contribution in [-0.2, 0) is 11.8 Å². The molecule has 0 saturated carbocycles. The summed E-state index contributed by atoms with van der Waals surface area (Å²) in [5.74, 6) is 1.48. The third kappa shape index (κ3) is 4.88. The van der Waals surface area contributed by atoms with Crippen molar-refractivity contribution in [3.05, 3.63) is 84.9 Å². The Balaban J connectivity index is 1.40. The fourth-order valence-corrected chi connectivity index (χ4v) is 4.53. The smallest absolute Gasteiger partial charge is 0.234 e. The molecule has 8 heteroatoms. The molecule has 0 atom stereocenters. The van der Waals surface area contributed by atoms with Crippen molar-refractivity contribution in [1.82, 2.24) is 19.7 Å².